The predicted octanol–water partition coefficient (Wildman–Crippen LogP) is 3.88. The first-order chi connectivity index (χ1) is 9.07. The van der Waals surface area contributed by atoms with Crippen LogP contribution >= 0.6 is 11.3 Å². The molecule has 2 nitrogen and oxygen atoms in total. The van der Waals surface area contributed by atoms with Gasteiger partial charge in [-0.25, -0.2) is 4.98 Å². The van der Waals surface area contributed by atoms with E-state index in [2.05, 4.69) is 44.3 Å². The standard InChI is InChI=1S/C16H22N2S/c1-11-6-7-13-14(9-11)19-15(18-13)16(2,3)12-5-4-8-17-10-12/h6-7,9,12,17H,4-5,8,10H2,1-3H3. The number of aromatic nitrogens is 1. The van der Waals surface area contributed by atoms with Crippen LogP contribution in [0.15, 0.2) is 18.2 Å². The molecule has 1 aliphatic rings. The molecule has 102 valence electrons. The van der Waals surface area contributed by atoms with Gasteiger partial charge in [0, 0.05) is 5.41 Å². The van der Waals surface area contributed by atoms with Crippen molar-refractivity contribution in [2.75, 3.05) is 13.1 Å². The number of nitrogens with zero attached hydrogens (tertiary/aromatic N) is 1. The van der Waals surface area contributed by atoms with Crippen molar-refractivity contribution in [3.8, 4) is 0 Å². The molecule has 3 rings (SSSR count). The first kappa shape index (κ1) is 13.1. The van der Waals surface area contributed by atoms with E-state index in [-0.39, 0.29) is 5.41 Å². The van der Waals surface area contributed by atoms with E-state index in [1.807, 2.05) is 11.3 Å². The van der Waals surface area contributed by atoms with Gasteiger partial charge in [0.05, 0.1) is 15.2 Å². The normalized spacial score (nSPS) is 20.9. The molecule has 0 radical (unpaired) electrons. The van der Waals surface area contributed by atoms with Crippen molar-refractivity contribution in [2.45, 2.75) is 39.0 Å². The molecule has 2 heterocycles. The third-order valence-corrected chi connectivity index (χ3v) is 5.77. The number of hydrogen-bond donors (Lipinski definition) is 1. The minimum atomic E-state index is 0.172. The van der Waals surface area contributed by atoms with Crippen molar-refractivity contribution in [3.05, 3.63) is 28.8 Å². The molecule has 1 aliphatic heterocycles. The van der Waals surface area contributed by atoms with Crippen LogP contribution in [-0.4, -0.2) is 18.1 Å². The number of nitrogens with one attached hydrogen (secondary N) is 1. The molecule has 0 amide bonds. The minimum absolute atomic E-state index is 0.172. The van der Waals surface area contributed by atoms with Crippen LogP contribution in [0.1, 0.15) is 37.3 Å². The number of thiazole rings is 1. The predicted molar refractivity (Wildman–Crippen MR) is 83.0 cm³/mol. The molecule has 0 bridgehead atoms. The van der Waals surface area contributed by atoms with Gasteiger partial charge in [-0.2, -0.15) is 0 Å². The summed E-state index contributed by atoms with van der Waals surface area (Å²) < 4.78 is 1.33. The number of piperidine rings is 1. The maximum Gasteiger partial charge on any atom is 0.0998 e. The Kier molecular flexibility index (Phi) is 3.35. The maximum atomic E-state index is 4.89. The quantitative estimate of drug-likeness (QED) is 0.899. The average Bonchev–Trinajstić information content (AvgIpc) is 2.83. The maximum absolute atomic E-state index is 4.89. The minimum Gasteiger partial charge on any atom is -0.316 e. The highest BCUT2D eigenvalue weighted by Crippen LogP contribution is 2.39. The topological polar surface area (TPSA) is 24.9 Å². The summed E-state index contributed by atoms with van der Waals surface area (Å²) in [5.41, 5.74) is 2.65. The van der Waals surface area contributed by atoms with Crippen LogP contribution in [-0.2, 0) is 5.41 Å². The first-order valence-corrected chi connectivity index (χ1v) is 7.97. The average molecular weight is 274 g/mol. The van der Waals surface area contributed by atoms with Crippen molar-refractivity contribution in [1.29, 1.82) is 0 Å². The van der Waals surface area contributed by atoms with E-state index in [1.54, 1.807) is 0 Å². The second-order valence-corrected chi connectivity index (χ2v) is 7.29. The Balaban J connectivity index is 1.97. The van der Waals surface area contributed by atoms with Crippen molar-refractivity contribution < 1.29 is 0 Å². The summed E-state index contributed by atoms with van der Waals surface area (Å²) in [5, 5.41) is 4.82. The zero-order valence-electron chi connectivity index (χ0n) is 12.0. The molecule has 0 spiro atoms. The highest BCUT2D eigenvalue weighted by atomic mass is 32.1. The Morgan fingerprint density at radius 3 is 2.95 bits per heavy atom. The zero-order valence-corrected chi connectivity index (χ0v) is 12.8. The lowest BCUT2D eigenvalue weighted by molar-refractivity contribution is 0.251. The van der Waals surface area contributed by atoms with Crippen LogP contribution < -0.4 is 5.32 Å². The van der Waals surface area contributed by atoms with Crippen LogP contribution in [0.4, 0.5) is 0 Å². The van der Waals surface area contributed by atoms with Crippen LogP contribution in [0.2, 0.25) is 0 Å². The Morgan fingerprint density at radius 1 is 1.37 bits per heavy atom. The van der Waals surface area contributed by atoms with Gasteiger partial charge >= 0.3 is 0 Å². The number of aryl methyl sites for hydroxylation is 1. The number of rotatable bonds is 2. The Morgan fingerprint density at radius 2 is 2.21 bits per heavy atom. The van der Waals surface area contributed by atoms with E-state index < -0.39 is 0 Å². The van der Waals surface area contributed by atoms with E-state index >= 15 is 0 Å². The van der Waals surface area contributed by atoms with Crippen LogP contribution in [0.5, 0.6) is 0 Å². The van der Waals surface area contributed by atoms with E-state index in [1.165, 1.54) is 34.7 Å². The fourth-order valence-electron chi connectivity index (χ4n) is 2.95. The van der Waals surface area contributed by atoms with Crippen LogP contribution in [0, 0.1) is 12.8 Å². The molecule has 1 N–H and O–H groups in total. The molecule has 2 aromatic rings. The third-order valence-electron chi connectivity index (χ3n) is 4.41. The summed E-state index contributed by atoms with van der Waals surface area (Å²) in [4.78, 5) is 4.89. The van der Waals surface area contributed by atoms with Crippen molar-refractivity contribution >= 4 is 21.6 Å². The van der Waals surface area contributed by atoms with E-state index in [0.717, 1.165) is 12.1 Å². The Bertz CT molecular complexity index is 579. The fraction of sp³-hybridized carbons (Fsp3) is 0.562. The number of fused-ring (bicyclic) bond motifs is 1. The molecule has 1 saturated heterocycles. The smallest absolute Gasteiger partial charge is 0.0998 e. The second-order valence-electron chi connectivity index (χ2n) is 6.26. The lowest BCUT2D eigenvalue weighted by atomic mass is 9.75. The summed E-state index contributed by atoms with van der Waals surface area (Å²) in [6.45, 7) is 9.16. The van der Waals surface area contributed by atoms with Gasteiger partial charge in [-0.3, -0.25) is 0 Å². The van der Waals surface area contributed by atoms with Crippen LogP contribution in [0.3, 0.4) is 0 Å². The molecule has 1 fully saturated rings. The Hall–Kier alpha value is -0.930. The molecule has 1 aromatic heterocycles. The molecule has 19 heavy (non-hydrogen) atoms. The number of hydrogen-bond acceptors (Lipinski definition) is 3. The summed E-state index contributed by atoms with van der Waals surface area (Å²) in [7, 11) is 0. The molecule has 1 atom stereocenters. The zero-order chi connectivity index (χ0) is 13.5. The summed E-state index contributed by atoms with van der Waals surface area (Å²) in [6, 6.07) is 6.56. The first-order valence-electron chi connectivity index (χ1n) is 7.16. The van der Waals surface area contributed by atoms with Gasteiger partial charge in [-0.05, 0) is 56.5 Å². The second kappa shape index (κ2) is 4.88. The van der Waals surface area contributed by atoms with Crippen molar-refractivity contribution in [1.82, 2.24) is 10.3 Å². The van der Waals surface area contributed by atoms with Crippen molar-refractivity contribution in [2.24, 2.45) is 5.92 Å². The third kappa shape index (κ3) is 2.41. The molecular weight excluding hydrogens is 252 g/mol. The van der Waals surface area contributed by atoms with Crippen molar-refractivity contribution in [3.63, 3.8) is 0 Å². The summed E-state index contributed by atoms with van der Waals surface area (Å²) >= 11 is 1.87. The molecule has 3 heteroatoms. The van der Waals surface area contributed by atoms with Gasteiger partial charge in [-0.15, -0.1) is 11.3 Å². The molecule has 0 aliphatic carbocycles. The van der Waals surface area contributed by atoms with E-state index in [4.69, 9.17) is 4.98 Å². The lowest BCUT2D eigenvalue weighted by Gasteiger charge is -2.35. The van der Waals surface area contributed by atoms with Gasteiger partial charge in [0.15, 0.2) is 0 Å². The van der Waals surface area contributed by atoms with E-state index in [9.17, 15) is 0 Å². The molecule has 1 aromatic carbocycles. The Labute approximate surface area is 119 Å². The van der Waals surface area contributed by atoms with Gasteiger partial charge in [0.1, 0.15) is 0 Å². The summed E-state index contributed by atoms with van der Waals surface area (Å²) in [5.74, 6) is 0.697. The van der Waals surface area contributed by atoms with Gasteiger partial charge in [-0.1, -0.05) is 19.9 Å². The van der Waals surface area contributed by atoms with Gasteiger partial charge in [0.2, 0.25) is 0 Å². The fourth-order valence-corrected chi connectivity index (χ4v) is 4.19. The highest BCUT2D eigenvalue weighted by molar-refractivity contribution is 7.18. The monoisotopic (exact) mass is 274 g/mol. The summed E-state index contributed by atoms with van der Waals surface area (Å²) in [6.07, 6.45) is 2.60. The van der Waals surface area contributed by atoms with Gasteiger partial charge in [0.25, 0.3) is 0 Å². The SMILES string of the molecule is Cc1ccc2nc(C(C)(C)C3CCCNC3)sc2c1. The van der Waals surface area contributed by atoms with Gasteiger partial charge < -0.3 is 5.32 Å². The molecule has 0 saturated carbocycles. The highest BCUT2D eigenvalue weighted by Gasteiger charge is 2.34. The lowest BCUT2D eigenvalue weighted by Crippen LogP contribution is -2.40. The molecular formula is C16H22N2S. The van der Waals surface area contributed by atoms with E-state index in [0.29, 0.717) is 5.92 Å². The van der Waals surface area contributed by atoms with Crippen LogP contribution in [0.25, 0.3) is 10.2 Å². The molecule has 1 unspecified atom stereocenters. The number of benzene rings is 1. The largest absolute Gasteiger partial charge is 0.316 e.